The second kappa shape index (κ2) is 8.21. The lowest BCUT2D eigenvalue weighted by Gasteiger charge is -2.07. The van der Waals surface area contributed by atoms with Gasteiger partial charge in [0.25, 0.3) is 5.91 Å². The molecule has 0 aliphatic carbocycles. The van der Waals surface area contributed by atoms with Crippen LogP contribution in [0.2, 0.25) is 0 Å². The first-order valence-corrected chi connectivity index (χ1v) is 6.85. The number of carbonyl (C=O) groups excluding carboxylic acids is 1. The molecule has 0 aromatic carbocycles. The third kappa shape index (κ3) is 6.12. The zero-order chi connectivity index (χ0) is 13.4. The predicted octanol–water partition coefficient (Wildman–Crippen LogP) is 2.64. The molecule has 1 N–H and O–H groups in total. The Hall–Kier alpha value is -0.940. The fourth-order valence-electron chi connectivity index (χ4n) is 1.33. The van der Waals surface area contributed by atoms with Crippen LogP contribution in [0.25, 0.3) is 0 Å². The van der Waals surface area contributed by atoms with E-state index < -0.39 is 0 Å². The van der Waals surface area contributed by atoms with Crippen molar-refractivity contribution in [1.82, 2.24) is 10.3 Å². The topological polar surface area (TPSA) is 51.2 Å². The average Bonchev–Trinajstić information content (AvgIpc) is 2.33. The van der Waals surface area contributed by atoms with Crippen LogP contribution in [-0.2, 0) is 4.74 Å². The minimum Gasteiger partial charge on any atom is -0.381 e. The van der Waals surface area contributed by atoms with Crippen molar-refractivity contribution >= 4 is 21.8 Å². The van der Waals surface area contributed by atoms with E-state index in [2.05, 4.69) is 40.1 Å². The molecule has 0 atom stereocenters. The lowest BCUT2D eigenvalue weighted by molar-refractivity contribution is 0.0924. The summed E-state index contributed by atoms with van der Waals surface area (Å²) in [6.07, 6.45) is 4.02. The van der Waals surface area contributed by atoms with Crippen LogP contribution < -0.4 is 5.32 Å². The van der Waals surface area contributed by atoms with Gasteiger partial charge in [-0.05, 0) is 34.3 Å². The molecule has 1 aromatic heterocycles. The van der Waals surface area contributed by atoms with Crippen molar-refractivity contribution in [2.24, 2.45) is 5.92 Å². The first-order chi connectivity index (χ1) is 8.59. The molecular formula is C13H19BrN2O2. The molecule has 0 spiro atoms. The minimum absolute atomic E-state index is 0.104. The summed E-state index contributed by atoms with van der Waals surface area (Å²) >= 11 is 3.28. The van der Waals surface area contributed by atoms with E-state index >= 15 is 0 Å². The Bertz CT molecular complexity index is 383. The van der Waals surface area contributed by atoms with Gasteiger partial charge in [0.05, 0.1) is 5.56 Å². The summed E-state index contributed by atoms with van der Waals surface area (Å²) in [6.45, 7) is 6.28. The van der Waals surface area contributed by atoms with Crippen LogP contribution in [0.1, 0.15) is 30.6 Å². The number of nitrogens with zero attached hydrogens (tertiary/aromatic N) is 1. The van der Waals surface area contributed by atoms with Gasteiger partial charge in [-0.3, -0.25) is 9.78 Å². The summed E-state index contributed by atoms with van der Waals surface area (Å²) in [5.74, 6) is 0.444. The highest BCUT2D eigenvalue weighted by molar-refractivity contribution is 9.10. The molecular weight excluding hydrogens is 296 g/mol. The zero-order valence-corrected chi connectivity index (χ0v) is 12.4. The lowest BCUT2D eigenvalue weighted by atomic mass is 10.2. The van der Waals surface area contributed by atoms with Crippen LogP contribution in [0.15, 0.2) is 22.9 Å². The summed E-state index contributed by atoms with van der Waals surface area (Å²) in [5, 5.41) is 2.83. The van der Waals surface area contributed by atoms with Crippen molar-refractivity contribution in [3.8, 4) is 0 Å². The molecule has 0 radical (unpaired) electrons. The van der Waals surface area contributed by atoms with Gasteiger partial charge >= 0.3 is 0 Å². The highest BCUT2D eigenvalue weighted by atomic mass is 79.9. The van der Waals surface area contributed by atoms with E-state index in [1.165, 1.54) is 0 Å². The second-order valence-corrected chi connectivity index (χ2v) is 5.39. The Labute approximate surface area is 116 Å². The molecule has 0 unspecified atom stereocenters. The first-order valence-electron chi connectivity index (χ1n) is 6.06. The maximum absolute atomic E-state index is 11.7. The summed E-state index contributed by atoms with van der Waals surface area (Å²) in [7, 11) is 0. The van der Waals surface area contributed by atoms with Crippen molar-refractivity contribution in [2.75, 3.05) is 19.8 Å². The Morgan fingerprint density at radius 1 is 1.50 bits per heavy atom. The molecule has 100 valence electrons. The van der Waals surface area contributed by atoms with Gasteiger partial charge in [0, 0.05) is 36.6 Å². The highest BCUT2D eigenvalue weighted by Crippen LogP contribution is 2.09. The van der Waals surface area contributed by atoms with Crippen LogP contribution in [0, 0.1) is 5.92 Å². The van der Waals surface area contributed by atoms with Gasteiger partial charge in [-0.1, -0.05) is 13.8 Å². The quantitative estimate of drug-likeness (QED) is 0.787. The van der Waals surface area contributed by atoms with E-state index in [4.69, 9.17) is 4.74 Å². The summed E-state index contributed by atoms with van der Waals surface area (Å²) in [4.78, 5) is 15.7. The van der Waals surface area contributed by atoms with Crippen LogP contribution in [0.4, 0.5) is 0 Å². The fraction of sp³-hybridized carbons (Fsp3) is 0.538. The second-order valence-electron chi connectivity index (χ2n) is 4.47. The third-order valence-electron chi connectivity index (χ3n) is 2.17. The van der Waals surface area contributed by atoms with Crippen molar-refractivity contribution in [3.05, 3.63) is 28.5 Å². The van der Waals surface area contributed by atoms with Gasteiger partial charge in [0.1, 0.15) is 0 Å². The van der Waals surface area contributed by atoms with Gasteiger partial charge in [0.15, 0.2) is 0 Å². The average molecular weight is 315 g/mol. The summed E-state index contributed by atoms with van der Waals surface area (Å²) in [5.41, 5.74) is 0.562. The van der Waals surface area contributed by atoms with Crippen LogP contribution >= 0.6 is 15.9 Å². The Morgan fingerprint density at radius 2 is 2.28 bits per heavy atom. The number of amides is 1. The number of carbonyl (C=O) groups is 1. The fourth-order valence-corrected chi connectivity index (χ4v) is 1.70. The van der Waals surface area contributed by atoms with Gasteiger partial charge in [-0.2, -0.15) is 0 Å². The predicted molar refractivity (Wildman–Crippen MR) is 74.5 cm³/mol. The minimum atomic E-state index is -0.104. The molecule has 1 amide bonds. The number of ether oxygens (including phenoxy) is 1. The van der Waals surface area contributed by atoms with Gasteiger partial charge in [0.2, 0.25) is 0 Å². The molecule has 0 fully saturated rings. The zero-order valence-electron chi connectivity index (χ0n) is 10.8. The van der Waals surface area contributed by atoms with E-state index in [-0.39, 0.29) is 5.91 Å². The third-order valence-corrected chi connectivity index (χ3v) is 2.60. The van der Waals surface area contributed by atoms with Crippen molar-refractivity contribution in [2.45, 2.75) is 20.3 Å². The van der Waals surface area contributed by atoms with Crippen molar-refractivity contribution in [3.63, 3.8) is 0 Å². The van der Waals surface area contributed by atoms with Gasteiger partial charge < -0.3 is 10.1 Å². The number of hydrogen-bond donors (Lipinski definition) is 1. The normalized spacial score (nSPS) is 10.7. The van der Waals surface area contributed by atoms with Gasteiger partial charge in [-0.25, -0.2) is 0 Å². The molecule has 0 saturated heterocycles. The number of halogens is 1. The number of rotatable bonds is 7. The molecule has 1 heterocycles. The largest absolute Gasteiger partial charge is 0.381 e. The van der Waals surface area contributed by atoms with Crippen LogP contribution in [-0.4, -0.2) is 30.6 Å². The number of nitrogens with one attached hydrogen (secondary N) is 1. The molecule has 5 heteroatoms. The summed E-state index contributed by atoms with van der Waals surface area (Å²) in [6, 6.07) is 1.75. The van der Waals surface area contributed by atoms with E-state index in [0.717, 1.165) is 17.5 Å². The molecule has 18 heavy (non-hydrogen) atoms. The Kier molecular flexibility index (Phi) is 6.90. The van der Waals surface area contributed by atoms with E-state index in [9.17, 15) is 4.79 Å². The molecule has 1 aromatic rings. The Morgan fingerprint density at radius 3 is 2.94 bits per heavy atom. The molecule has 0 bridgehead atoms. The van der Waals surface area contributed by atoms with E-state index in [1.54, 1.807) is 18.5 Å². The van der Waals surface area contributed by atoms with Gasteiger partial charge in [-0.15, -0.1) is 0 Å². The molecule has 0 aliphatic heterocycles. The highest BCUT2D eigenvalue weighted by Gasteiger charge is 2.05. The maximum Gasteiger partial charge on any atom is 0.252 e. The molecule has 0 aliphatic rings. The van der Waals surface area contributed by atoms with Crippen molar-refractivity contribution < 1.29 is 9.53 Å². The number of hydrogen-bond acceptors (Lipinski definition) is 3. The van der Waals surface area contributed by atoms with Crippen molar-refractivity contribution in [1.29, 1.82) is 0 Å². The number of pyridine rings is 1. The van der Waals surface area contributed by atoms with E-state index in [1.807, 2.05) is 0 Å². The van der Waals surface area contributed by atoms with Crippen LogP contribution in [0.3, 0.4) is 0 Å². The lowest BCUT2D eigenvalue weighted by Crippen LogP contribution is -2.25. The summed E-state index contributed by atoms with van der Waals surface area (Å²) < 4.78 is 6.23. The molecule has 4 nitrogen and oxygen atoms in total. The Balaban J connectivity index is 2.18. The molecule has 1 rings (SSSR count). The monoisotopic (exact) mass is 314 g/mol. The smallest absolute Gasteiger partial charge is 0.252 e. The number of aromatic nitrogens is 1. The SMILES string of the molecule is CC(C)COCCCNC(=O)c1cncc(Br)c1. The van der Waals surface area contributed by atoms with E-state index in [0.29, 0.717) is 24.6 Å². The van der Waals surface area contributed by atoms with Crippen LogP contribution in [0.5, 0.6) is 0 Å². The first kappa shape index (κ1) is 15.1. The maximum atomic E-state index is 11.7. The molecule has 0 saturated carbocycles. The standard InChI is InChI=1S/C13H19BrN2O2/c1-10(2)9-18-5-3-4-16-13(17)11-6-12(14)8-15-7-11/h6-8,10H,3-5,9H2,1-2H3,(H,16,17).